The summed E-state index contributed by atoms with van der Waals surface area (Å²) >= 11 is 0. The summed E-state index contributed by atoms with van der Waals surface area (Å²) in [6, 6.07) is 15.0. The Bertz CT molecular complexity index is 999. The maximum atomic E-state index is 12.6. The molecule has 30 heavy (non-hydrogen) atoms. The van der Waals surface area contributed by atoms with Gasteiger partial charge < -0.3 is 19.3 Å². The summed E-state index contributed by atoms with van der Waals surface area (Å²) in [6.45, 7) is 0. The van der Waals surface area contributed by atoms with E-state index in [0.717, 1.165) is 30.4 Å². The lowest BCUT2D eigenvalue weighted by atomic mass is 9.84. The molecule has 7 nitrogen and oxygen atoms in total. The number of benzene rings is 2. The molecule has 0 unspecified atom stereocenters. The van der Waals surface area contributed by atoms with E-state index in [0.29, 0.717) is 29.6 Å². The van der Waals surface area contributed by atoms with Crippen molar-refractivity contribution in [2.24, 2.45) is 5.92 Å². The van der Waals surface area contributed by atoms with Gasteiger partial charge in [-0.1, -0.05) is 41.9 Å². The fraction of sp³-hybridized carbons (Fsp3) is 0.348. The molecule has 2 aromatic carbocycles. The van der Waals surface area contributed by atoms with Crippen LogP contribution in [-0.4, -0.2) is 30.3 Å². The molecule has 1 N–H and O–H groups in total. The van der Waals surface area contributed by atoms with Crippen LogP contribution < -0.4 is 14.8 Å². The smallest absolute Gasteiger partial charge is 0.249 e. The molecule has 1 aromatic heterocycles. The van der Waals surface area contributed by atoms with E-state index in [1.807, 2.05) is 36.4 Å². The topological polar surface area (TPSA) is 86.5 Å². The Hall–Kier alpha value is -3.35. The van der Waals surface area contributed by atoms with E-state index in [1.54, 1.807) is 26.4 Å². The molecule has 4 rings (SSSR count). The van der Waals surface area contributed by atoms with Crippen LogP contribution >= 0.6 is 0 Å². The summed E-state index contributed by atoms with van der Waals surface area (Å²) in [4.78, 5) is 17.2. The SMILES string of the molecule is COc1ccc(-c2noc([C@@H](Cc3ccccc3)NC(=O)C3CCC3)n2)cc1OC. The van der Waals surface area contributed by atoms with Gasteiger partial charge in [0.2, 0.25) is 17.6 Å². The molecule has 156 valence electrons. The number of rotatable bonds is 8. The summed E-state index contributed by atoms with van der Waals surface area (Å²) in [5.74, 6) is 2.16. The zero-order chi connectivity index (χ0) is 20.9. The van der Waals surface area contributed by atoms with E-state index in [4.69, 9.17) is 14.0 Å². The van der Waals surface area contributed by atoms with Crippen LogP contribution in [0.3, 0.4) is 0 Å². The second-order valence-corrected chi connectivity index (χ2v) is 7.40. The Morgan fingerprint density at radius 1 is 1.13 bits per heavy atom. The third-order valence-corrected chi connectivity index (χ3v) is 5.46. The number of carbonyl (C=O) groups excluding carboxylic acids is 1. The van der Waals surface area contributed by atoms with Gasteiger partial charge in [0.1, 0.15) is 6.04 Å². The second kappa shape index (κ2) is 8.98. The Kier molecular flexibility index (Phi) is 5.97. The van der Waals surface area contributed by atoms with Gasteiger partial charge in [-0.05, 0) is 36.6 Å². The summed E-state index contributed by atoms with van der Waals surface area (Å²) in [5, 5.41) is 7.24. The number of ether oxygens (including phenoxy) is 2. The van der Waals surface area contributed by atoms with Gasteiger partial charge in [-0.3, -0.25) is 4.79 Å². The highest BCUT2D eigenvalue weighted by molar-refractivity contribution is 5.79. The second-order valence-electron chi connectivity index (χ2n) is 7.40. The van der Waals surface area contributed by atoms with Crippen molar-refractivity contribution in [2.45, 2.75) is 31.7 Å². The highest BCUT2D eigenvalue weighted by Crippen LogP contribution is 2.32. The monoisotopic (exact) mass is 407 g/mol. The van der Waals surface area contributed by atoms with E-state index < -0.39 is 0 Å². The molecule has 1 heterocycles. The largest absolute Gasteiger partial charge is 0.493 e. The van der Waals surface area contributed by atoms with Crippen LogP contribution in [0.2, 0.25) is 0 Å². The Labute approximate surface area is 175 Å². The minimum Gasteiger partial charge on any atom is -0.493 e. The van der Waals surface area contributed by atoms with E-state index in [1.165, 1.54) is 0 Å². The number of methoxy groups -OCH3 is 2. The predicted octanol–water partition coefficient (Wildman–Crippen LogP) is 3.95. The number of amides is 1. The van der Waals surface area contributed by atoms with Crippen molar-refractivity contribution in [2.75, 3.05) is 14.2 Å². The number of aromatic nitrogens is 2. The first-order valence-corrected chi connectivity index (χ1v) is 10.1. The van der Waals surface area contributed by atoms with E-state index in [2.05, 4.69) is 15.5 Å². The predicted molar refractivity (Wildman–Crippen MR) is 111 cm³/mol. The third-order valence-electron chi connectivity index (χ3n) is 5.46. The summed E-state index contributed by atoms with van der Waals surface area (Å²) in [6.07, 6.45) is 3.55. The van der Waals surface area contributed by atoms with Crippen molar-refractivity contribution in [1.82, 2.24) is 15.5 Å². The standard InChI is InChI=1S/C23H25N3O4/c1-28-19-12-11-17(14-20(19)29-2)21-25-23(30-26-21)18(13-15-7-4-3-5-8-15)24-22(27)16-9-6-10-16/h3-5,7-8,11-12,14,16,18H,6,9-10,13H2,1-2H3,(H,24,27)/t18-/m1/s1. The van der Waals surface area contributed by atoms with E-state index in [-0.39, 0.29) is 17.9 Å². The van der Waals surface area contributed by atoms with Crippen molar-refractivity contribution < 1.29 is 18.8 Å². The first-order valence-electron chi connectivity index (χ1n) is 10.1. The molecule has 0 saturated heterocycles. The Morgan fingerprint density at radius 3 is 2.57 bits per heavy atom. The average Bonchev–Trinajstić information content (AvgIpc) is 3.22. The molecule has 1 aliphatic rings. The van der Waals surface area contributed by atoms with Crippen LogP contribution in [0.1, 0.15) is 36.8 Å². The van der Waals surface area contributed by atoms with Crippen LogP contribution in [0.4, 0.5) is 0 Å². The fourth-order valence-electron chi connectivity index (χ4n) is 3.48. The van der Waals surface area contributed by atoms with Gasteiger partial charge in [-0.2, -0.15) is 4.98 Å². The van der Waals surface area contributed by atoms with Crippen LogP contribution in [0, 0.1) is 5.92 Å². The minimum absolute atomic E-state index is 0.0491. The number of carbonyl (C=O) groups is 1. The first kappa shape index (κ1) is 19.9. The lowest BCUT2D eigenvalue weighted by molar-refractivity contribution is -0.128. The quantitative estimate of drug-likeness (QED) is 0.608. The van der Waals surface area contributed by atoms with Crippen molar-refractivity contribution in [1.29, 1.82) is 0 Å². The number of nitrogens with one attached hydrogen (secondary N) is 1. The average molecular weight is 407 g/mol. The number of hydrogen-bond donors (Lipinski definition) is 1. The fourth-order valence-corrected chi connectivity index (χ4v) is 3.48. The van der Waals surface area contributed by atoms with Gasteiger partial charge in [0.05, 0.1) is 14.2 Å². The van der Waals surface area contributed by atoms with Gasteiger partial charge in [-0.15, -0.1) is 0 Å². The zero-order valence-corrected chi connectivity index (χ0v) is 17.1. The Balaban J connectivity index is 1.59. The number of hydrogen-bond acceptors (Lipinski definition) is 6. The molecule has 3 aromatic rings. The van der Waals surface area contributed by atoms with Gasteiger partial charge in [0.15, 0.2) is 11.5 Å². The van der Waals surface area contributed by atoms with Crippen LogP contribution in [0.5, 0.6) is 11.5 Å². The van der Waals surface area contributed by atoms with E-state index in [9.17, 15) is 4.79 Å². The Morgan fingerprint density at radius 2 is 1.90 bits per heavy atom. The van der Waals surface area contributed by atoms with Gasteiger partial charge >= 0.3 is 0 Å². The highest BCUT2D eigenvalue weighted by Gasteiger charge is 2.29. The van der Waals surface area contributed by atoms with Gasteiger partial charge in [-0.25, -0.2) is 0 Å². The first-order chi connectivity index (χ1) is 14.7. The molecule has 1 fully saturated rings. The lowest BCUT2D eigenvalue weighted by Crippen LogP contribution is -2.37. The summed E-state index contributed by atoms with van der Waals surface area (Å²) in [7, 11) is 3.16. The molecule has 0 radical (unpaired) electrons. The van der Waals surface area contributed by atoms with Crippen LogP contribution in [-0.2, 0) is 11.2 Å². The van der Waals surface area contributed by atoms with Crippen molar-refractivity contribution in [3.05, 3.63) is 60.0 Å². The minimum atomic E-state index is -0.387. The van der Waals surface area contributed by atoms with E-state index >= 15 is 0 Å². The molecule has 7 heteroatoms. The molecule has 1 amide bonds. The molecular formula is C23H25N3O4. The van der Waals surface area contributed by atoms with Gasteiger partial charge in [0, 0.05) is 17.9 Å². The lowest BCUT2D eigenvalue weighted by Gasteiger charge is -2.26. The summed E-state index contributed by atoms with van der Waals surface area (Å²) < 4.78 is 16.2. The molecule has 0 bridgehead atoms. The van der Waals surface area contributed by atoms with Crippen LogP contribution in [0.25, 0.3) is 11.4 Å². The molecule has 0 spiro atoms. The molecule has 1 saturated carbocycles. The van der Waals surface area contributed by atoms with Gasteiger partial charge in [0.25, 0.3) is 0 Å². The van der Waals surface area contributed by atoms with Crippen molar-refractivity contribution in [3.63, 3.8) is 0 Å². The van der Waals surface area contributed by atoms with Crippen molar-refractivity contribution >= 4 is 5.91 Å². The van der Waals surface area contributed by atoms with Crippen molar-refractivity contribution in [3.8, 4) is 22.9 Å². The number of nitrogens with zero attached hydrogens (tertiary/aromatic N) is 2. The molecule has 0 aliphatic heterocycles. The third kappa shape index (κ3) is 4.30. The normalized spacial score (nSPS) is 14.6. The molecule has 1 aliphatic carbocycles. The highest BCUT2D eigenvalue weighted by atomic mass is 16.5. The zero-order valence-electron chi connectivity index (χ0n) is 17.1. The molecule has 1 atom stereocenters. The maximum absolute atomic E-state index is 12.6. The maximum Gasteiger partial charge on any atom is 0.249 e. The molecular weight excluding hydrogens is 382 g/mol. The summed E-state index contributed by atoms with van der Waals surface area (Å²) in [5.41, 5.74) is 1.83. The van der Waals surface area contributed by atoms with Crippen LogP contribution in [0.15, 0.2) is 53.1 Å².